The quantitative estimate of drug-likeness (QED) is 0.830. The second-order valence-corrected chi connectivity index (χ2v) is 3.88. The molecule has 0 amide bonds. The van der Waals surface area contributed by atoms with Crippen molar-refractivity contribution in [3.63, 3.8) is 0 Å². The summed E-state index contributed by atoms with van der Waals surface area (Å²) < 4.78 is 11.0. The maximum Gasteiger partial charge on any atom is 0.133 e. The minimum atomic E-state index is 0.513. The van der Waals surface area contributed by atoms with Crippen molar-refractivity contribution in [1.82, 2.24) is 5.32 Å². The number of rotatable bonds is 6. The highest BCUT2D eigenvalue weighted by Gasteiger charge is 2.05. The average molecular weight is 231 g/mol. The van der Waals surface area contributed by atoms with Crippen molar-refractivity contribution in [2.45, 2.75) is 19.8 Å². The lowest BCUT2D eigenvalue weighted by atomic mass is 10.2. The van der Waals surface area contributed by atoms with Crippen LogP contribution in [0.15, 0.2) is 47.1 Å². The smallest absolute Gasteiger partial charge is 0.133 e. The maximum atomic E-state index is 5.63. The zero-order valence-electron chi connectivity index (χ0n) is 9.98. The van der Waals surface area contributed by atoms with Gasteiger partial charge in [0.15, 0.2) is 0 Å². The molecule has 0 unspecified atom stereocenters. The summed E-state index contributed by atoms with van der Waals surface area (Å²) in [5.74, 6) is 0.898. The van der Waals surface area contributed by atoms with E-state index < -0.39 is 0 Å². The van der Waals surface area contributed by atoms with Crippen LogP contribution < -0.4 is 5.32 Å². The summed E-state index contributed by atoms with van der Waals surface area (Å²) in [6.45, 7) is 1.93. The Labute approximate surface area is 101 Å². The number of benzene rings is 1. The Morgan fingerprint density at radius 1 is 1.12 bits per heavy atom. The zero-order valence-corrected chi connectivity index (χ0v) is 9.98. The Bertz CT molecular complexity index is 436. The molecule has 90 valence electrons. The van der Waals surface area contributed by atoms with Gasteiger partial charge in [-0.2, -0.15) is 0 Å². The molecule has 3 heteroatoms. The fourth-order valence-electron chi connectivity index (χ4n) is 1.68. The van der Waals surface area contributed by atoms with Gasteiger partial charge in [0, 0.05) is 12.1 Å². The molecule has 0 aliphatic rings. The molecule has 0 aliphatic carbocycles. The molecule has 0 spiro atoms. The molecule has 2 aromatic rings. The van der Waals surface area contributed by atoms with Crippen LogP contribution in [0.3, 0.4) is 0 Å². The number of hydrogen-bond donors (Lipinski definition) is 1. The first-order valence-corrected chi connectivity index (χ1v) is 5.71. The van der Waals surface area contributed by atoms with Gasteiger partial charge in [0.25, 0.3) is 0 Å². The first kappa shape index (κ1) is 11.9. The van der Waals surface area contributed by atoms with Gasteiger partial charge in [-0.05, 0) is 18.7 Å². The van der Waals surface area contributed by atoms with Crippen LogP contribution in [-0.2, 0) is 24.5 Å². The minimum Gasteiger partial charge on any atom is -0.467 e. The van der Waals surface area contributed by atoms with Gasteiger partial charge >= 0.3 is 0 Å². The molecule has 0 bridgehead atoms. The normalized spacial score (nSPS) is 10.6. The topological polar surface area (TPSA) is 34.4 Å². The molecule has 0 fully saturated rings. The summed E-state index contributed by atoms with van der Waals surface area (Å²) in [7, 11) is 1.92. The molecular weight excluding hydrogens is 214 g/mol. The van der Waals surface area contributed by atoms with E-state index in [4.69, 9.17) is 9.15 Å². The largest absolute Gasteiger partial charge is 0.467 e. The van der Waals surface area contributed by atoms with Crippen molar-refractivity contribution in [3.8, 4) is 0 Å². The number of furan rings is 1. The van der Waals surface area contributed by atoms with Gasteiger partial charge < -0.3 is 14.5 Å². The Balaban J connectivity index is 1.84. The van der Waals surface area contributed by atoms with Gasteiger partial charge in [0.05, 0.1) is 12.9 Å². The third kappa shape index (κ3) is 3.44. The first-order valence-electron chi connectivity index (χ1n) is 5.71. The molecule has 0 radical (unpaired) electrons. The van der Waals surface area contributed by atoms with E-state index in [2.05, 4.69) is 17.4 Å². The van der Waals surface area contributed by atoms with Crippen LogP contribution >= 0.6 is 0 Å². The van der Waals surface area contributed by atoms with Crippen LogP contribution in [0.4, 0.5) is 0 Å². The van der Waals surface area contributed by atoms with Gasteiger partial charge in [-0.15, -0.1) is 0 Å². The summed E-state index contributed by atoms with van der Waals surface area (Å²) in [6, 6.07) is 12.1. The van der Waals surface area contributed by atoms with Gasteiger partial charge in [0.2, 0.25) is 0 Å². The molecule has 0 saturated carbocycles. The molecule has 17 heavy (non-hydrogen) atoms. The van der Waals surface area contributed by atoms with Crippen molar-refractivity contribution in [3.05, 3.63) is 59.5 Å². The highest BCUT2D eigenvalue weighted by Crippen LogP contribution is 2.12. The predicted octanol–water partition coefficient (Wildman–Crippen LogP) is 2.72. The number of ether oxygens (including phenoxy) is 1. The summed E-state index contributed by atoms with van der Waals surface area (Å²) in [6.07, 6.45) is 1.70. The second-order valence-electron chi connectivity index (χ2n) is 3.88. The van der Waals surface area contributed by atoms with Gasteiger partial charge in [-0.3, -0.25) is 0 Å². The summed E-state index contributed by atoms with van der Waals surface area (Å²) in [5.41, 5.74) is 2.33. The lowest BCUT2D eigenvalue weighted by Crippen LogP contribution is -2.06. The molecule has 1 aromatic carbocycles. The third-order valence-electron chi connectivity index (χ3n) is 2.55. The Morgan fingerprint density at radius 2 is 1.94 bits per heavy atom. The average Bonchev–Trinajstić information content (AvgIpc) is 2.79. The third-order valence-corrected chi connectivity index (χ3v) is 2.55. The van der Waals surface area contributed by atoms with E-state index in [0.717, 1.165) is 17.9 Å². The van der Waals surface area contributed by atoms with Crippen LogP contribution in [0, 0.1) is 0 Å². The number of nitrogens with one attached hydrogen (secondary N) is 1. The molecule has 1 heterocycles. The van der Waals surface area contributed by atoms with Crippen LogP contribution in [-0.4, -0.2) is 7.05 Å². The lowest BCUT2D eigenvalue weighted by molar-refractivity contribution is 0.0921. The van der Waals surface area contributed by atoms with Crippen molar-refractivity contribution in [2.75, 3.05) is 7.05 Å². The molecule has 2 rings (SSSR count). The zero-order chi connectivity index (χ0) is 11.9. The van der Waals surface area contributed by atoms with Crippen molar-refractivity contribution in [2.24, 2.45) is 0 Å². The Kier molecular flexibility index (Phi) is 4.36. The van der Waals surface area contributed by atoms with Crippen LogP contribution in [0.1, 0.15) is 16.9 Å². The van der Waals surface area contributed by atoms with Crippen LogP contribution in [0.25, 0.3) is 0 Å². The highest BCUT2D eigenvalue weighted by atomic mass is 16.5. The summed E-state index contributed by atoms with van der Waals surface area (Å²) in [4.78, 5) is 0. The molecule has 3 nitrogen and oxygen atoms in total. The van der Waals surface area contributed by atoms with Crippen molar-refractivity contribution < 1.29 is 9.15 Å². The van der Waals surface area contributed by atoms with E-state index in [-0.39, 0.29) is 0 Å². The van der Waals surface area contributed by atoms with Gasteiger partial charge in [-0.25, -0.2) is 0 Å². The fourth-order valence-corrected chi connectivity index (χ4v) is 1.68. The molecular formula is C14H17NO2. The van der Waals surface area contributed by atoms with E-state index in [1.54, 1.807) is 6.26 Å². The maximum absolute atomic E-state index is 5.63. The molecule has 0 aliphatic heterocycles. The van der Waals surface area contributed by atoms with E-state index in [9.17, 15) is 0 Å². The van der Waals surface area contributed by atoms with Gasteiger partial charge in [-0.1, -0.05) is 30.3 Å². The summed E-state index contributed by atoms with van der Waals surface area (Å²) in [5, 5.41) is 3.10. The van der Waals surface area contributed by atoms with Crippen molar-refractivity contribution in [1.29, 1.82) is 0 Å². The van der Waals surface area contributed by atoms with Crippen LogP contribution in [0.2, 0.25) is 0 Å². The lowest BCUT2D eigenvalue weighted by Gasteiger charge is -2.04. The van der Waals surface area contributed by atoms with E-state index in [1.807, 2.05) is 31.3 Å². The van der Waals surface area contributed by atoms with E-state index in [0.29, 0.717) is 13.2 Å². The van der Waals surface area contributed by atoms with Gasteiger partial charge in [0.1, 0.15) is 12.4 Å². The minimum absolute atomic E-state index is 0.513. The van der Waals surface area contributed by atoms with Crippen LogP contribution in [0.5, 0.6) is 0 Å². The summed E-state index contributed by atoms with van der Waals surface area (Å²) >= 11 is 0. The standard InChI is InChI=1S/C14H17NO2/c1-15-9-13-7-8-17-14(13)11-16-10-12-5-3-2-4-6-12/h2-8,15H,9-11H2,1H3. The Hall–Kier alpha value is -1.58. The van der Waals surface area contributed by atoms with E-state index in [1.165, 1.54) is 5.56 Å². The predicted molar refractivity (Wildman–Crippen MR) is 66.4 cm³/mol. The monoisotopic (exact) mass is 231 g/mol. The fraction of sp³-hybridized carbons (Fsp3) is 0.286. The first-order chi connectivity index (χ1) is 8.40. The molecule has 1 N–H and O–H groups in total. The molecule has 0 atom stereocenters. The second kappa shape index (κ2) is 6.23. The SMILES string of the molecule is CNCc1ccoc1COCc1ccccc1. The van der Waals surface area contributed by atoms with E-state index >= 15 is 0 Å². The van der Waals surface area contributed by atoms with Crippen molar-refractivity contribution >= 4 is 0 Å². The molecule has 0 saturated heterocycles. The number of hydrogen-bond acceptors (Lipinski definition) is 3. The molecule has 1 aromatic heterocycles. The Morgan fingerprint density at radius 3 is 2.71 bits per heavy atom. The highest BCUT2D eigenvalue weighted by molar-refractivity contribution is 5.16.